The maximum atomic E-state index is 12.9. The Kier molecular flexibility index (Phi) is 4.75. The van der Waals surface area contributed by atoms with E-state index in [9.17, 15) is 9.50 Å². The summed E-state index contributed by atoms with van der Waals surface area (Å²) in [4.78, 5) is 0. The summed E-state index contributed by atoms with van der Waals surface area (Å²) in [5, 5.41) is 14.4. The van der Waals surface area contributed by atoms with E-state index in [0.717, 1.165) is 12.0 Å². The lowest BCUT2D eigenvalue weighted by atomic mass is 10.0. The Morgan fingerprint density at radius 3 is 2.83 bits per heavy atom. The first-order valence-corrected chi connectivity index (χ1v) is 7.10. The lowest BCUT2D eigenvalue weighted by Crippen LogP contribution is -2.11. The first kappa shape index (κ1) is 13.5. The van der Waals surface area contributed by atoms with Gasteiger partial charge in [0.1, 0.15) is 5.82 Å². The minimum atomic E-state index is -0.451. The summed E-state index contributed by atoms with van der Waals surface area (Å²) in [6.07, 6.45) is 1.55. The summed E-state index contributed by atoms with van der Waals surface area (Å²) in [7, 11) is 0. The molecule has 0 spiro atoms. The number of hydrogen-bond acceptors (Lipinski definition) is 2. The molecule has 96 valence electrons. The number of aliphatic hydroxyl groups is 1. The number of aryl methyl sites for hydroxylation is 1. The third-order valence-corrected chi connectivity index (χ3v) is 3.90. The van der Waals surface area contributed by atoms with E-state index >= 15 is 0 Å². The van der Waals surface area contributed by atoms with Crippen LogP contribution in [0.4, 0.5) is 4.39 Å². The summed E-state index contributed by atoms with van der Waals surface area (Å²) in [6.45, 7) is 0. The fourth-order valence-electron chi connectivity index (χ4n) is 1.81. The molecule has 1 nitrogen and oxygen atoms in total. The van der Waals surface area contributed by atoms with E-state index in [2.05, 4.69) is 11.4 Å². The monoisotopic (exact) mass is 284 g/mol. The van der Waals surface area contributed by atoms with Gasteiger partial charge in [-0.05, 0) is 59.3 Å². The number of hydrogen-bond donors (Lipinski definition) is 1. The number of rotatable bonds is 5. The maximum Gasteiger partial charge on any atom is 0.124 e. The standard InChI is InChI=1S/C14H14ClFOS/c15-14-8-12(16)3-2-11(14)7-13(17)4-1-10-5-6-18-9-10/h2-3,5-6,8-9,13,17H,1,4,7H2. The van der Waals surface area contributed by atoms with Crippen molar-refractivity contribution in [3.63, 3.8) is 0 Å². The van der Waals surface area contributed by atoms with E-state index < -0.39 is 6.10 Å². The molecule has 4 heteroatoms. The molecule has 1 aromatic heterocycles. The van der Waals surface area contributed by atoms with Gasteiger partial charge in [0, 0.05) is 5.02 Å². The molecule has 18 heavy (non-hydrogen) atoms. The van der Waals surface area contributed by atoms with Crippen molar-refractivity contribution in [3.05, 3.63) is 57.0 Å². The number of aliphatic hydroxyl groups excluding tert-OH is 1. The molecule has 0 amide bonds. The quantitative estimate of drug-likeness (QED) is 0.877. The van der Waals surface area contributed by atoms with Crippen LogP contribution in [-0.4, -0.2) is 11.2 Å². The van der Waals surface area contributed by atoms with Crippen molar-refractivity contribution in [2.75, 3.05) is 0 Å². The first-order valence-electron chi connectivity index (χ1n) is 5.78. The van der Waals surface area contributed by atoms with Crippen molar-refractivity contribution in [1.29, 1.82) is 0 Å². The summed E-state index contributed by atoms with van der Waals surface area (Å²) in [6, 6.07) is 6.34. The molecule has 2 rings (SSSR count). The lowest BCUT2D eigenvalue weighted by molar-refractivity contribution is 0.165. The minimum Gasteiger partial charge on any atom is -0.393 e. The zero-order chi connectivity index (χ0) is 13.0. The largest absolute Gasteiger partial charge is 0.393 e. The molecule has 1 heterocycles. The van der Waals surface area contributed by atoms with Crippen LogP contribution in [0.2, 0.25) is 5.02 Å². The predicted molar refractivity (Wildman–Crippen MR) is 73.8 cm³/mol. The lowest BCUT2D eigenvalue weighted by Gasteiger charge is -2.11. The van der Waals surface area contributed by atoms with Crippen LogP contribution in [0.5, 0.6) is 0 Å². The highest BCUT2D eigenvalue weighted by Crippen LogP contribution is 2.20. The average Bonchev–Trinajstić information content (AvgIpc) is 2.83. The van der Waals surface area contributed by atoms with Crippen molar-refractivity contribution in [1.82, 2.24) is 0 Å². The van der Waals surface area contributed by atoms with Crippen molar-refractivity contribution in [2.24, 2.45) is 0 Å². The van der Waals surface area contributed by atoms with Gasteiger partial charge in [0.05, 0.1) is 6.10 Å². The van der Waals surface area contributed by atoms with E-state index in [-0.39, 0.29) is 5.82 Å². The zero-order valence-corrected chi connectivity index (χ0v) is 11.3. The van der Waals surface area contributed by atoms with Crippen molar-refractivity contribution < 1.29 is 9.50 Å². The SMILES string of the molecule is OC(CCc1ccsc1)Cc1ccc(F)cc1Cl. The van der Waals surface area contributed by atoms with Crippen LogP contribution in [-0.2, 0) is 12.8 Å². The minimum absolute atomic E-state index is 0.350. The molecular weight excluding hydrogens is 271 g/mol. The van der Waals surface area contributed by atoms with Gasteiger partial charge in [-0.15, -0.1) is 0 Å². The van der Waals surface area contributed by atoms with Crippen LogP contribution in [0, 0.1) is 5.82 Å². The Balaban J connectivity index is 1.88. The zero-order valence-electron chi connectivity index (χ0n) is 9.77. The third kappa shape index (κ3) is 3.80. The molecule has 1 aromatic carbocycles. The second-order valence-electron chi connectivity index (χ2n) is 4.26. The van der Waals surface area contributed by atoms with Crippen LogP contribution >= 0.6 is 22.9 Å². The van der Waals surface area contributed by atoms with Gasteiger partial charge in [-0.3, -0.25) is 0 Å². The van der Waals surface area contributed by atoms with E-state index in [1.54, 1.807) is 17.4 Å². The normalized spacial score (nSPS) is 12.6. The average molecular weight is 285 g/mol. The van der Waals surface area contributed by atoms with Crippen LogP contribution < -0.4 is 0 Å². The van der Waals surface area contributed by atoms with Gasteiger partial charge in [0.15, 0.2) is 0 Å². The number of benzene rings is 1. The summed E-state index contributed by atoms with van der Waals surface area (Å²) in [5.41, 5.74) is 2.03. The van der Waals surface area contributed by atoms with Crippen LogP contribution in [0.25, 0.3) is 0 Å². The summed E-state index contributed by atoms with van der Waals surface area (Å²) < 4.78 is 12.9. The molecule has 1 unspecified atom stereocenters. The Bertz CT molecular complexity index is 499. The molecule has 0 bridgehead atoms. The van der Waals surface area contributed by atoms with Crippen molar-refractivity contribution in [2.45, 2.75) is 25.4 Å². The maximum absolute atomic E-state index is 12.9. The van der Waals surface area contributed by atoms with Gasteiger partial charge in [0.25, 0.3) is 0 Å². The molecule has 0 aliphatic carbocycles. The molecule has 0 fully saturated rings. The number of thiophene rings is 1. The highest BCUT2D eigenvalue weighted by molar-refractivity contribution is 7.07. The van der Waals surface area contributed by atoms with Gasteiger partial charge in [0.2, 0.25) is 0 Å². The third-order valence-electron chi connectivity index (χ3n) is 2.82. The first-order chi connectivity index (χ1) is 8.65. The van der Waals surface area contributed by atoms with Gasteiger partial charge < -0.3 is 5.11 Å². The molecule has 1 N–H and O–H groups in total. The second kappa shape index (κ2) is 6.32. The van der Waals surface area contributed by atoms with Crippen LogP contribution in [0.3, 0.4) is 0 Å². The molecule has 1 atom stereocenters. The second-order valence-corrected chi connectivity index (χ2v) is 5.45. The summed E-state index contributed by atoms with van der Waals surface area (Å²) in [5.74, 6) is -0.350. The molecule has 2 aromatic rings. The van der Waals surface area contributed by atoms with E-state index in [0.29, 0.717) is 17.9 Å². The van der Waals surface area contributed by atoms with Gasteiger partial charge in [-0.25, -0.2) is 4.39 Å². The van der Waals surface area contributed by atoms with Crippen LogP contribution in [0.15, 0.2) is 35.0 Å². The fraction of sp³-hybridized carbons (Fsp3) is 0.286. The molecule has 0 aliphatic heterocycles. The molecule has 0 radical (unpaired) electrons. The van der Waals surface area contributed by atoms with Crippen molar-refractivity contribution >= 4 is 22.9 Å². The van der Waals surface area contributed by atoms with E-state index in [1.165, 1.54) is 17.7 Å². The van der Waals surface area contributed by atoms with Crippen molar-refractivity contribution in [3.8, 4) is 0 Å². The van der Waals surface area contributed by atoms with E-state index in [1.807, 2.05) is 5.38 Å². The Hall–Kier alpha value is -0.900. The molecule has 0 aliphatic rings. The van der Waals surface area contributed by atoms with Gasteiger partial charge in [-0.1, -0.05) is 17.7 Å². The topological polar surface area (TPSA) is 20.2 Å². The van der Waals surface area contributed by atoms with Crippen LogP contribution in [0.1, 0.15) is 17.5 Å². The molecular formula is C14H14ClFOS. The Labute approximate surface area is 115 Å². The van der Waals surface area contributed by atoms with Gasteiger partial charge in [-0.2, -0.15) is 11.3 Å². The predicted octanol–water partition coefficient (Wildman–Crippen LogP) is 4.08. The fourth-order valence-corrected chi connectivity index (χ4v) is 2.76. The Morgan fingerprint density at radius 1 is 1.33 bits per heavy atom. The smallest absolute Gasteiger partial charge is 0.124 e. The highest BCUT2D eigenvalue weighted by atomic mass is 35.5. The van der Waals surface area contributed by atoms with E-state index in [4.69, 9.17) is 11.6 Å². The molecule has 0 saturated carbocycles. The number of halogens is 2. The van der Waals surface area contributed by atoms with Gasteiger partial charge >= 0.3 is 0 Å². The molecule has 0 saturated heterocycles. The summed E-state index contributed by atoms with van der Waals surface area (Å²) >= 11 is 7.58. The Morgan fingerprint density at radius 2 is 2.17 bits per heavy atom. The highest BCUT2D eigenvalue weighted by Gasteiger charge is 2.09.